The van der Waals surface area contributed by atoms with Crippen molar-refractivity contribution in [3.63, 3.8) is 0 Å². The van der Waals surface area contributed by atoms with E-state index < -0.39 is 0 Å². The lowest BCUT2D eigenvalue weighted by Crippen LogP contribution is -2.18. The molecule has 0 atom stereocenters. The number of rotatable bonds is 6. The molecule has 0 aliphatic rings. The molecule has 27 heavy (non-hydrogen) atoms. The van der Waals surface area contributed by atoms with E-state index in [1.165, 1.54) is 0 Å². The summed E-state index contributed by atoms with van der Waals surface area (Å²) < 4.78 is 0. The van der Waals surface area contributed by atoms with Gasteiger partial charge in [0.1, 0.15) is 17.5 Å². The van der Waals surface area contributed by atoms with Crippen molar-refractivity contribution >= 4 is 23.1 Å². The van der Waals surface area contributed by atoms with Crippen LogP contribution in [0.15, 0.2) is 54.6 Å². The zero-order chi connectivity index (χ0) is 19.2. The molecule has 0 saturated heterocycles. The molecular weight excluding hydrogens is 336 g/mol. The maximum Gasteiger partial charge on any atom is 0.222 e. The second kappa shape index (κ2) is 8.19. The van der Waals surface area contributed by atoms with Crippen molar-refractivity contribution in [1.29, 1.82) is 5.26 Å². The highest BCUT2D eigenvalue weighted by atomic mass is 15.1. The molecule has 0 bridgehead atoms. The first-order valence-electron chi connectivity index (χ1n) is 8.90. The predicted octanol–water partition coefficient (Wildman–Crippen LogP) is 4.12. The maximum absolute atomic E-state index is 9.38. The van der Waals surface area contributed by atoms with Gasteiger partial charge in [0.25, 0.3) is 0 Å². The van der Waals surface area contributed by atoms with Crippen molar-refractivity contribution in [1.82, 2.24) is 9.97 Å². The van der Waals surface area contributed by atoms with Crippen LogP contribution in [0.2, 0.25) is 0 Å². The monoisotopic (exact) mass is 358 g/mol. The number of aromatic nitrogens is 2. The predicted molar refractivity (Wildman–Crippen MR) is 109 cm³/mol. The normalized spacial score (nSPS) is 10.4. The van der Waals surface area contributed by atoms with E-state index in [0.29, 0.717) is 5.69 Å². The van der Waals surface area contributed by atoms with E-state index in [1.54, 1.807) is 0 Å². The van der Waals surface area contributed by atoms with Gasteiger partial charge in [0, 0.05) is 23.5 Å². The van der Waals surface area contributed by atoms with Crippen molar-refractivity contribution in [2.75, 3.05) is 22.9 Å². The highest BCUT2D eigenvalue weighted by Crippen LogP contribution is 2.30. The number of nitrogen functional groups attached to an aromatic ring is 2. The molecule has 0 aliphatic carbocycles. The van der Waals surface area contributed by atoms with Crippen LogP contribution in [-0.2, 0) is 0 Å². The Morgan fingerprint density at radius 1 is 0.963 bits per heavy atom. The third-order valence-electron chi connectivity index (χ3n) is 4.32. The maximum atomic E-state index is 9.38. The molecule has 0 saturated carbocycles. The average molecular weight is 358 g/mol. The zero-order valence-electron chi connectivity index (χ0n) is 15.3. The Morgan fingerprint density at radius 2 is 1.63 bits per heavy atom. The van der Waals surface area contributed by atoms with Gasteiger partial charge in [-0.2, -0.15) is 10.2 Å². The molecule has 3 rings (SSSR count). The van der Waals surface area contributed by atoms with Gasteiger partial charge >= 0.3 is 0 Å². The van der Waals surface area contributed by atoms with Crippen LogP contribution < -0.4 is 16.4 Å². The molecular formula is C21H22N6. The minimum atomic E-state index is 0.0550. The lowest BCUT2D eigenvalue weighted by atomic mass is 10.1. The standard InChI is InChI=1S/C21H22N6/c1-2-3-13-27(16-7-5-4-6-8-16)17-11-9-15(10-12-17)19-18(14-22)20(23)26-21(24)25-19/h4-12H,2-3,13H2,1H3,(H4,23,24,25,26). The molecule has 1 heterocycles. The van der Waals surface area contributed by atoms with Crippen LogP contribution in [0.1, 0.15) is 25.3 Å². The molecule has 0 radical (unpaired) electrons. The van der Waals surface area contributed by atoms with Crippen molar-refractivity contribution < 1.29 is 0 Å². The molecule has 2 aromatic carbocycles. The van der Waals surface area contributed by atoms with Gasteiger partial charge in [-0.15, -0.1) is 0 Å². The zero-order valence-corrected chi connectivity index (χ0v) is 15.3. The molecule has 136 valence electrons. The fraction of sp³-hybridized carbons (Fsp3) is 0.190. The van der Waals surface area contributed by atoms with E-state index in [9.17, 15) is 5.26 Å². The van der Waals surface area contributed by atoms with Gasteiger partial charge in [0.15, 0.2) is 0 Å². The van der Waals surface area contributed by atoms with E-state index in [2.05, 4.69) is 40.0 Å². The van der Waals surface area contributed by atoms with Crippen molar-refractivity contribution in [2.45, 2.75) is 19.8 Å². The van der Waals surface area contributed by atoms with Crippen LogP contribution in [0.5, 0.6) is 0 Å². The van der Waals surface area contributed by atoms with Gasteiger partial charge in [-0.1, -0.05) is 43.7 Å². The quantitative estimate of drug-likeness (QED) is 0.687. The topological polar surface area (TPSA) is 105 Å². The Hall–Kier alpha value is -3.59. The van der Waals surface area contributed by atoms with Gasteiger partial charge in [0.2, 0.25) is 5.95 Å². The Kier molecular flexibility index (Phi) is 5.53. The van der Waals surface area contributed by atoms with Crippen molar-refractivity contribution in [2.24, 2.45) is 0 Å². The summed E-state index contributed by atoms with van der Waals surface area (Å²) in [5.41, 5.74) is 15.2. The number of anilines is 4. The molecule has 0 amide bonds. The lowest BCUT2D eigenvalue weighted by Gasteiger charge is -2.25. The highest BCUT2D eigenvalue weighted by molar-refractivity contribution is 5.75. The Bertz CT molecular complexity index is 945. The highest BCUT2D eigenvalue weighted by Gasteiger charge is 2.14. The van der Waals surface area contributed by atoms with Gasteiger partial charge in [-0.05, 0) is 30.7 Å². The second-order valence-electron chi connectivity index (χ2n) is 6.19. The van der Waals surface area contributed by atoms with E-state index in [0.717, 1.165) is 36.3 Å². The number of hydrogen-bond acceptors (Lipinski definition) is 6. The number of nitrogens with two attached hydrogens (primary N) is 2. The minimum Gasteiger partial charge on any atom is -0.382 e. The van der Waals surface area contributed by atoms with Crippen LogP contribution >= 0.6 is 0 Å². The van der Waals surface area contributed by atoms with Gasteiger partial charge in [-0.3, -0.25) is 0 Å². The molecule has 6 heteroatoms. The Balaban J connectivity index is 1.98. The third kappa shape index (κ3) is 3.98. The molecule has 3 aromatic rings. The van der Waals surface area contributed by atoms with Crippen LogP contribution in [-0.4, -0.2) is 16.5 Å². The first kappa shape index (κ1) is 18.2. The summed E-state index contributed by atoms with van der Waals surface area (Å²) in [6.45, 7) is 3.11. The summed E-state index contributed by atoms with van der Waals surface area (Å²) in [5, 5.41) is 9.38. The van der Waals surface area contributed by atoms with Gasteiger partial charge in [0.05, 0.1) is 5.69 Å². The third-order valence-corrected chi connectivity index (χ3v) is 4.32. The Labute approximate surface area is 159 Å². The average Bonchev–Trinajstić information content (AvgIpc) is 2.69. The van der Waals surface area contributed by atoms with E-state index in [-0.39, 0.29) is 17.3 Å². The summed E-state index contributed by atoms with van der Waals surface area (Å²) in [4.78, 5) is 10.4. The Morgan fingerprint density at radius 3 is 2.26 bits per heavy atom. The molecule has 0 spiro atoms. The summed E-state index contributed by atoms with van der Waals surface area (Å²) in [5.74, 6) is 0.150. The molecule has 4 N–H and O–H groups in total. The first-order valence-corrected chi connectivity index (χ1v) is 8.90. The number of nitriles is 1. The van der Waals surface area contributed by atoms with Crippen LogP contribution in [0.25, 0.3) is 11.3 Å². The SMILES string of the molecule is CCCCN(c1ccccc1)c1ccc(-c2nc(N)nc(N)c2C#N)cc1. The molecule has 0 fully saturated rings. The summed E-state index contributed by atoms with van der Waals surface area (Å²) >= 11 is 0. The number of unbranched alkanes of at least 4 members (excludes halogenated alkanes) is 1. The summed E-state index contributed by atoms with van der Waals surface area (Å²) in [6.07, 6.45) is 2.21. The number of hydrogen-bond donors (Lipinski definition) is 2. The first-order chi connectivity index (χ1) is 13.1. The smallest absolute Gasteiger partial charge is 0.222 e. The van der Waals surface area contributed by atoms with Crippen molar-refractivity contribution in [3.8, 4) is 17.3 Å². The van der Waals surface area contributed by atoms with E-state index in [1.807, 2.05) is 42.5 Å². The fourth-order valence-electron chi connectivity index (χ4n) is 2.95. The van der Waals surface area contributed by atoms with E-state index >= 15 is 0 Å². The minimum absolute atomic E-state index is 0.0550. The molecule has 1 aromatic heterocycles. The largest absolute Gasteiger partial charge is 0.382 e. The molecule has 6 nitrogen and oxygen atoms in total. The van der Waals surface area contributed by atoms with Crippen molar-refractivity contribution in [3.05, 3.63) is 60.2 Å². The van der Waals surface area contributed by atoms with Gasteiger partial charge < -0.3 is 16.4 Å². The van der Waals surface area contributed by atoms with Gasteiger partial charge in [-0.25, -0.2) is 4.98 Å². The number of para-hydroxylation sites is 1. The van der Waals surface area contributed by atoms with Crippen LogP contribution in [0.3, 0.4) is 0 Å². The summed E-state index contributed by atoms with van der Waals surface area (Å²) in [6, 6.07) is 20.3. The fourth-order valence-corrected chi connectivity index (χ4v) is 2.95. The van der Waals surface area contributed by atoms with Crippen LogP contribution in [0, 0.1) is 11.3 Å². The number of nitrogens with zero attached hydrogens (tertiary/aromatic N) is 4. The molecule has 0 unspecified atom stereocenters. The number of benzene rings is 2. The van der Waals surface area contributed by atoms with E-state index in [4.69, 9.17) is 11.5 Å². The molecule has 0 aliphatic heterocycles. The second-order valence-corrected chi connectivity index (χ2v) is 6.19. The lowest BCUT2D eigenvalue weighted by molar-refractivity contribution is 0.786. The summed E-state index contributed by atoms with van der Waals surface area (Å²) in [7, 11) is 0. The van der Waals surface area contributed by atoms with Crippen LogP contribution in [0.4, 0.5) is 23.1 Å².